The van der Waals surface area contributed by atoms with Crippen molar-refractivity contribution in [2.45, 2.75) is 26.6 Å². The van der Waals surface area contributed by atoms with Crippen molar-refractivity contribution in [1.29, 1.82) is 0 Å². The average molecular weight is 572 g/mol. The summed E-state index contributed by atoms with van der Waals surface area (Å²) < 4.78 is 14.2. The molecule has 0 radical (unpaired) electrons. The molecule has 2 heterocycles. The summed E-state index contributed by atoms with van der Waals surface area (Å²) in [5.74, 6) is 0.397. The summed E-state index contributed by atoms with van der Waals surface area (Å²) in [5.41, 5.74) is 12.9. The molecule has 1 aromatic carbocycles. The van der Waals surface area contributed by atoms with E-state index in [9.17, 15) is 9.59 Å². The van der Waals surface area contributed by atoms with Crippen molar-refractivity contribution >= 4 is 46.1 Å². The molecule has 0 unspecified atom stereocenters. The van der Waals surface area contributed by atoms with Crippen molar-refractivity contribution in [3.8, 4) is 5.75 Å². The van der Waals surface area contributed by atoms with Crippen LogP contribution in [-0.4, -0.2) is 53.7 Å². The molecule has 0 aliphatic heterocycles. The van der Waals surface area contributed by atoms with E-state index in [-0.39, 0.29) is 58.5 Å². The Bertz CT molecular complexity index is 1220. The third-order valence-corrected chi connectivity index (χ3v) is 5.44. The number of nitrogens with one attached hydrogen (secondary N) is 2. The van der Waals surface area contributed by atoms with Gasteiger partial charge in [-0.3, -0.25) is 9.59 Å². The fourth-order valence-corrected chi connectivity index (χ4v) is 3.69. The number of nitrogens with two attached hydrogens (primary N) is 2. The second-order valence-corrected chi connectivity index (χ2v) is 7.62. The Balaban J connectivity index is 0.00000432. The lowest BCUT2D eigenvalue weighted by atomic mass is 10.3. The van der Waals surface area contributed by atoms with E-state index in [2.05, 4.69) is 20.6 Å². The Morgan fingerprint density at radius 1 is 1.17 bits per heavy atom. The maximum Gasteiger partial charge on any atom is 0.277 e. The van der Waals surface area contributed by atoms with Crippen LogP contribution in [0.1, 0.15) is 23.2 Å². The zero-order valence-corrected chi connectivity index (χ0v) is 21.9. The molecule has 12 nitrogen and oxygen atoms in total. The first-order chi connectivity index (χ1) is 16.3. The average Bonchev–Trinajstić information content (AvgIpc) is 3.11. The number of anilines is 2. The molecular formula is C21H28BrClN8O4. The fraction of sp³-hybridized carbons (Fsp3) is 0.381. The number of rotatable bonds is 10. The minimum atomic E-state index is -0.575. The molecule has 3 rings (SSSR count). The second-order valence-electron chi connectivity index (χ2n) is 7.26. The fourth-order valence-electron chi connectivity index (χ4n) is 3.56. The molecule has 0 aliphatic carbocycles. The third kappa shape index (κ3) is 6.29. The molecule has 0 fully saturated rings. The number of carbonyl (C=O) groups excluding carboxylic acids is 2. The molecule has 35 heavy (non-hydrogen) atoms. The van der Waals surface area contributed by atoms with E-state index in [0.717, 1.165) is 11.0 Å². The van der Waals surface area contributed by atoms with E-state index < -0.39 is 5.91 Å². The highest BCUT2D eigenvalue weighted by Crippen LogP contribution is 2.22. The standard InChI is InChI=1S/C21H27ClN8O4.BrH/c1-4-29-14-9-12(34-3)5-6-13(14)30(11-15(31)25-7-8-33-2)16(29)10-26-21(32)17-19(23)28-20(24)18(22)27-17;/h5-6,9H,4,7-8,10-11H2,1-3H3,(H5-,23,24,25,26,28,31,32);1H. The zero-order valence-electron chi connectivity index (χ0n) is 19.6. The molecular weight excluding hydrogens is 544 g/mol. The van der Waals surface area contributed by atoms with E-state index in [0.29, 0.717) is 31.3 Å². The SMILES string of the molecule is CCn1c(CNC(=O)c2nc(Cl)c(N)nc2N)[n+](CC(=O)NCCOC)c2ccc(OC)cc21.[Br-]. The number of fused-ring (bicyclic) bond motifs is 1. The molecule has 0 saturated carbocycles. The number of ether oxygens (including phenoxy) is 2. The lowest BCUT2D eigenvalue weighted by molar-refractivity contribution is -0.667. The first kappa shape index (κ1) is 28.1. The maximum absolute atomic E-state index is 12.8. The van der Waals surface area contributed by atoms with E-state index in [4.69, 9.17) is 32.5 Å². The van der Waals surface area contributed by atoms with Gasteiger partial charge in [0.05, 0.1) is 20.3 Å². The molecule has 190 valence electrons. The molecule has 6 N–H and O–H groups in total. The number of aromatic nitrogens is 4. The van der Waals surface area contributed by atoms with Gasteiger partial charge < -0.3 is 48.6 Å². The van der Waals surface area contributed by atoms with Gasteiger partial charge in [0.15, 0.2) is 40.1 Å². The highest BCUT2D eigenvalue weighted by molar-refractivity contribution is 6.31. The highest BCUT2D eigenvalue weighted by atomic mass is 79.9. The van der Waals surface area contributed by atoms with E-state index >= 15 is 0 Å². The quantitative estimate of drug-likeness (QED) is 0.150. The predicted molar refractivity (Wildman–Crippen MR) is 126 cm³/mol. The van der Waals surface area contributed by atoms with Gasteiger partial charge in [-0.25, -0.2) is 19.1 Å². The topological polar surface area (TPSA) is 163 Å². The molecule has 0 bridgehead atoms. The number of aryl methyl sites for hydroxylation is 1. The molecule has 2 amide bonds. The number of benzene rings is 1. The Kier molecular flexibility index (Phi) is 10.0. The van der Waals surface area contributed by atoms with Crippen LogP contribution in [0.5, 0.6) is 5.75 Å². The molecule has 0 atom stereocenters. The molecule has 0 saturated heterocycles. The Morgan fingerprint density at radius 2 is 1.91 bits per heavy atom. The molecule has 3 aromatic rings. The van der Waals surface area contributed by atoms with Crippen LogP contribution in [0.2, 0.25) is 5.15 Å². The minimum Gasteiger partial charge on any atom is -1.00 e. The summed E-state index contributed by atoms with van der Waals surface area (Å²) in [4.78, 5) is 33.2. The van der Waals surface area contributed by atoms with Crippen LogP contribution in [0, 0.1) is 0 Å². The van der Waals surface area contributed by atoms with Crippen molar-refractivity contribution in [2.24, 2.45) is 0 Å². The number of imidazole rings is 1. The minimum absolute atomic E-state index is 0. The smallest absolute Gasteiger partial charge is 0.277 e. The highest BCUT2D eigenvalue weighted by Gasteiger charge is 2.27. The second kappa shape index (κ2) is 12.5. The van der Waals surface area contributed by atoms with Gasteiger partial charge in [0, 0.05) is 19.7 Å². The van der Waals surface area contributed by atoms with Crippen LogP contribution in [0.4, 0.5) is 11.6 Å². The monoisotopic (exact) mass is 570 g/mol. The maximum atomic E-state index is 12.8. The normalized spacial score (nSPS) is 10.6. The number of nitrogens with zero attached hydrogens (tertiary/aromatic N) is 4. The number of nitrogen functional groups attached to an aromatic ring is 2. The Hall–Kier alpha value is -3.16. The van der Waals surface area contributed by atoms with Gasteiger partial charge in [-0.1, -0.05) is 11.6 Å². The summed E-state index contributed by atoms with van der Waals surface area (Å²) in [6.07, 6.45) is 0. The van der Waals surface area contributed by atoms with Gasteiger partial charge >= 0.3 is 0 Å². The lowest BCUT2D eigenvalue weighted by Gasteiger charge is -2.09. The summed E-state index contributed by atoms with van der Waals surface area (Å²) in [6.45, 7) is 3.47. The molecule has 0 spiro atoms. The van der Waals surface area contributed by atoms with Gasteiger partial charge in [0.25, 0.3) is 17.6 Å². The lowest BCUT2D eigenvalue weighted by Crippen LogP contribution is -3.00. The van der Waals surface area contributed by atoms with E-state index in [1.807, 2.05) is 34.3 Å². The first-order valence-corrected chi connectivity index (χ1v) is 10.9. The van der Waals surface area contributed by atoms with E-state index in [1.54, 1.807) is 14.2 Å². The summed E-state index contributed by atoms with van der Waals surface area (Å²) in [5, 5.41) is 5.49. The summed E-state index contributed by atoms with van der Waals surface area (Å²) in [6, 6.07) is 5.57. The van der Waals surface area contributed by atoms with Gasteiger partial charge in [-0.05, 0) is 19.1 Å². The first-order valence-electron chi connectivity index (χ1n) is 10.5. The van der Waals surface area contributed by atoms with Crippen LogP contribution >= 0.6 is 11.6 Å². The number of carbonyl (C=O) groups is 2. The number of hydrogen-bond donors (Lipinski definition) is 4. The van der Waals surface area contributed by atoms with E-state index in [1.165, 1.54) is 0 Å². The summed E-state index contributed by atoms with van der Waals surface area (Å²) >= 11 is 5.90. The van der Waals surface area contributed by atoms with Crippen LogP contribution in [0.15, 0.2) is 18.2 Å². The van der Waals surface area contributed by atoms with Crippen molar-refractivity contribution in [2.75, 3.05) is 38.8 Å². The Labute approximate surface area is 217 Å². The van der Waals surface area contributed by atoms with Crippen molar-refractivity contribution in [3.05, 3.63) is 34.9 Å². The molecule has 14 heteroatoms. The van der Waals surface area contributed by atoms with Crippen LogP contribution in [0.25, 0.3) is 11.0 Å². The molecule has 2 aromatic heterocycles. The van der Waals surface area contributed by atoms with Gasteiger partial charge in [0.2, 0.25) is 0 Å². The largest absolute Gasteiger partial charge is 1.00 e. The third-order valence-electron chi connectivity index (χ3n) is 5.16. The Morgan fingerprint density at radius 3 is 2.57 bits per heavy atom. The van der Waals surface area contributed by atoms with Crippen LogP contribution in [-0.2, 0) is 29.2 Å². The van der Waals surface area contributed by atoms with Gasteiger partial charge in [-0.2, -0.15) is 0 Å². The number of amides is 2. The number of methoxy groups -OCH3 is 2. The zero-order chi connectivity index (χ0) is 24.8. The van der Waals surface area contributed by atoms with Gasteiger partial charge in [-0.15, -0.1) is 0 Å². The van der Waals surface area contributed by atoms with Crippen LogP contribution in [0.3, 0.4) is 0 Å². The van der Waals surface area contributed by atoms with Crippen LogP contribution < -0.4 is 48.4 Å². The number of halogens is 2. The van der Waals surface area contributed by atoms with Crippen molar-refractivity contribution in [3.63, 3.8) is 0 Å². The molecule has 0 aliphatic rings. The van der Waals surface area contributed by atoms with Crippen molar-refractivity contribution < 1.29 is 40.6 Å². The summed E-state index contributed by atoms with van der Waals surface area (Å²) in [7, 11) is 3.15. The predicted octanol–water partition coefficient (Wildman–Crippen LogP) is -2.74. The van der Waals surface area contributed by atoms with Crippen molar-refractivity contribution in [1.82, 2.24) is 25.2 Å². The van der Waals surface area contributed by atoms with Gasteiger partial charge in [0.1, 0.15) is 12.3 Å². The number of hydrogen-bond acceptors (Lipinski definition) is 8.